The number of halogens is 2. The maximum atomic E-state index is 14.9. The van der Waals surface area contributed by atoms with Gasteiger partial charge < -0.3 is 9.80 Å². The summed E-state index contributed by atoms with van der Waals surface area (Å²) in [6, 6.07) is 8.43. The lowest BCUT2D eigenvalue weighted by atomic mass is 10.0. The minimum Gasteiger partial charge on any atom is -0.347 e. The van der Waals surface area contributed by atoms with Gasteiger partial charge in [0, 0.05) is 37.6 Å². The quantitative estimate of drug-likeness (QED) is 0.569. The second kappa shape index (κ2) is 7.92. The first kappa shape index (κ1) is 21.0. The average Bonchev–Trinajstić information content (AvgIpc) is 3.37. The van der Waals surface area contributed by atoms with Gasteiger partial charge >= 0.3 is 0 Å². The number of likely N-dealkylation sites (tertiary alicyclic amines) is 1. The minimum atomic E-state index is -3.37. The van der Waals surface area contributed by atoms with Crippen molar-refractivity contribution in [2.24, 2.45) is 5.92 Å². The molecule has 8 nitrogen and oxygen atoms in total. The number of hydrogen-bond acceptors (Lipinski definition) is 6. The number of amides is 1. The third-order valence-corrected chi connectivity index (χ3v) is 6.44. The molecule has 3 aromatic rings. The average molecular weight is 449 g/mol. The molecular formula is C23H21F2N7O. The number of aromatic nitrogens is 4. The van der Waals surface area contributed by atoms with E-state index in [1.165, 1.54) is 35.4 Å². The molecule has 33 heavy (non-hydrogen) atoms. The van der Waals surface area contributed by atoms with Gasteiger partial charge in [0.05, 0.1) is 17.2 Å². The lowest BCUT2D eigenvalue weighted by molar-refractivity contribution is -0.127. The first-order valence-electron chi connectivity index (χ1n) is 10.7. The van der Waals surface area contributed by atoms with E-state index in [4.69, 9.17) is 5.26 Å². The number of carbonyl (C=O) groups is 1. The number of rotatable bonds is 4. The summed E-state index contributed by atoms with van der Waals surface area (Å²) in [4.78, 5) is 25.0. The van der Waals surface area contributed by atoms with Gasteiger partial charge in [-0.2, -0.15) is 19.1 Å². The van der Waals surface area contributed by atoms with Gasteiger partial charge in [-0.05, 0) is 42.7 Å². The van der Waals surface area contributed by atoms with Crippen molar-refractivity contribution >= 4 is 17.4 Å². The number of anilines is 1. The lowest BCUT2D eigenvalue weighted by Gasteiger charge is -2.42. The van der Waals surface area contributed by atoms with Gasteiger partial charge in [-0.3, -0.25) is 4.79 Å². The zero-order valence-electron chi connectivity index (χ0n) is 17.8. The van der Waals surface area contributed by atoms with E-state index >= 15 is 0 Å². The molecule has 0 N–H and O–H groups in total. The van der Waals surface area contributed by atoms with Gasteiger partial charge in [-0.15, -0.1) is 0 Å². The largest absolute Gasteiger partial charge is 0.347 e. The molecule has 2 bridgehead atoms. The maximum Gasteiger partial charge on any atom is 0.295 e. The zero-order chi connectivity index (χ0) is 23.2. The predicted octanol–water partition coefficient (Wildman–Crippen LogP) is 2.77. The molecule has 2 aliphatic heterocycles. The van der Waals surface area contributed by atoms with Crippen LogP contribution < -0.4 is 4.90 Å². The van der Waals surface area contributed by atoms with Crippen LogP contribution in [0.4, 0.5) is 14.6 Å². The second-order valence-corrected chi connectivity index (χ2v) is 8.51. The number of pyridine rings is 2. The van der Waals surface area contributed by atoms with Gasteiger partial charge in [0.2, 0.25) is 5.91 Å². The fourth-order valence-electron chi connectivity index (χ4n) is 4.85. The number of nitriles is 1. The molecule has 0 spiro atoms. The van der Waals surface area contributed by atoms with Crippen LogP contribution in [0.25, 0.3) is 5.65 Å². The highest BCUT2D eigenvalue weighted by Gasteiger charge is 2.45. The zero-order valence-corrected chi connectivity index (χ0v) is 17.8. The fourth-order valence-corrected chi connectivity index (χ4v) is 4.85. The molecule has 3 aromatic heterocycles. The Hall–Kier alpha value is -3.87. The van der Waals surface area contributed by atoms with E-state index < -0.39 is 11.8 Å². The summed E-state index contributed by atoms with van der Waals surface area (Å²) in [6.45, 7) is 2.98. The van der Waals surface area contributed by atoms with E-state index in [0.717, 1.165) is 18.3 Å². The molecule has 1 amide bonds. The standard InChI is InChI=1S/C23H21F2N7O/c1-15-9-17-12-30(13-19(15)32(17)20-5-4-16(10-26)11-27-20)21(33)6-7-23(24,25)18-3-2-8-31-22(18)28-14-29-31/h2-8,11,14-15,17,19H,9,12-13H2,1H3/b7-6+. The summed E-state index contributed by atoms with van der Waals surface area (Å²) in [5, 5.41) is 12.9. The van der Waals surface area contributed by atoms with E-state index in [-0.39, 0.29) is 23.3 Å². The molecule has 2 fully saturated rings. The molecule has 0 aliphatic carbocycles. The Kier molecular flexibility index (Phi) is 5.04. The number of piperazine rings is 1. The fraction of sp³-hybridized carbons (Fsp3) is 0.348. The van der Waals surface area contributed by atoms with Crippen molar-refractivity contribution in [1.82, 2.24) is 24.5 Å². The number of allylic oxidation sites excluding steroid dienone is 1. The molecule has 0 radical (unpaired) electrons. The first-order valence-corrected chi connectivity index (χ1v) is 10.7. The van der Waals surface area contributed by atoms with E-state index in [1.807, 2.05) is 6.07 Å². The Labute approximate surface area is 188 Å². The Morgan fingerprint density at radius 1 is 1.27 bits per heavy atom. The van der Waals surface area contributed by atoms with Gasteiger partial charge in [-0.25, -0.2) is 14.5 Å². The maximum absolute atomic E-state index is 14.9. The number of nitrogens with zero attached hydrogens (tertiary/aromatic N) is 7. The molecule has 10 heteroatoms. The summed E-state index contributed by atoms with van der Waals surface area (Å²) in [5.41, 5.74) is 0.229. The van der Waals surface area contributed by atoms with Gasteiger partial charge in [-0.1, -0.05) is 6.92 Å². The van der Waals surface area contributed by atoms with Crippen LogP contribution in [0, 0.1) is 17.2 Å². The van der Waals surface area contributed by atoms with Crippen molar-refractivity contribution in [1.29, 1.82) is 5.26 Å². The molecule has 0 aromatic carbocycles. The molecule has 168 valence electrons. The van der Waals surface area contributed by atoms with E-state index in [0.29, 0.717) is 30.6 Å². The van der Waals surface area contributed by atoms with E-state index in [1.54, 1.807) is 11.0 Å². The molecule has 5 rings (SSSR count). The summed E-state index contributed by atoms with van der Waals surface area (Å²) in [6.07, 6.45) is 6.76. The van der Waals surface area contributed by atoms with Crippen LogP contribution in [-0.2, 0) is 10.7 Å². The number of hydrogen-bond donors (Lipinski definition) is 0. The highest BCUT2D eigenvalue weighted by Crippen LogP contribution is 2.38. The van der Waals surface area contributed by atoms with Crippen LogP contribution in [0.1, 0.15) is 24.5 Å². The predicted molar refractivity (Wildman–Crippen MR) is 115 cm³/mol. The normalized spacial score (nSPS) is 22.8. The molecular weight excluding hydrogens is 428 g/mol. The Balaban J connectivity index is 1.33. The molecule has 0 saturated carbocycles. The third kappa shape index (κ3) is 3.69. The summed E-state index contributed by atoms with van der Waals surface area (Å²) < 4.78 is 31.0. The Bertz CT molecular complexity index is 1260. The second-order valence-electron chi connectivity index (χ2n) is 8.51. The molecule has 2 aliphatic rings. The summed E-state index contributed by atoms with van der Waals surface area (Å²) in [5.74, 6) is -2.73. The van der Waals surface area contributed by atoms with Crippen molar-refractivity contribution in [3.8, 4) is 6.07 Å². The smallest absolute Gasteiger partial charge is 0.295 e. The van der Waals surface area contributed by atoms with Crippen LogP contribution in [0.2, 0.25) is 0 Å². The third-order valence-electron chi connectivity index (χ3n) is 6.44. The monoisotopic (exact) mass is 449 g/mol. The molecule has 5 heterocycles. The van der Waals surface area contributed by atoms with Crippen LogP contribution in [0.3, 0.4) is 0 Å². The molecule has 3 atom stereocenters. The number of carbonyl (C=O) groups excluding carboxylic acids is 1. The van der Waals surface area contributed by atoms with Gasteiger partial charge in [0.25, 0.3) is 5.92 Å². The summed E-state index contributed by atoms with van der Waals surface area (Å²) in [7, 11) is 0. The van der Waals surface area contributed by atoms with Gasteiger partial charge in [0.1, 0.15) is 18.2 Å². The van der Waals surface area contributed by atoms with E-state index in [9.17, 15) is 13.6 Å². The van der Waals surface area contributed by atoms with E-state index in [2.05, 4.69) is 33.0 Å². The SMILES string of the molecule is CC1CC2CN(C(=O)/C=C/C(F)(F)c3cccn4ncnc34)CC1N2c1ccc(C#N)cn1. The van der Waals surface area contributed by atoms with Crippen molar-refractivity contribution in [3.63, 3.8) is 0 Å². The van der Waals surface area contributed by atoms with Crippen LogP contribution >= 0.6 is 0 Å². The first-order chi connectivity index (χ1) is 15.9. The lowest BCUT2D eigenvalue weighted by Crippen LogP contribution is -2.56. The Morgan fingerprint density at radius 3 is 2.85 bits per heavy atom. The number of alkyl halides is 2. The molecule has 3 unspecified atom stereocenters. The van der Waals surface area contributed by atoms with Crippen molar-refractivity contribution in [2.75, 3.05) is 18.0 Å². The van der Waals surface area contributed by atoms with Crippen LogP contribution in [0.15, 0.2) is 55.1 Å². The van der Waals surface area contributed by atoms with Crippen LogP contribution in [-0.4, -0.2) is 55.6 Å². The highest BCUT2D eigenvalue weighted by atomic mass is 19.3. The highest BCUT2D eigenvalue weighted by molar-refractivity contribution is 5.88. The van der Waals surface area contributed by atoms with Crippen molar-refractivity contribution in [2.45, 2.75) is 31.4 Å². The minimum absolute atomic E-state index is 0.0341. The van der Waals surface area contributed by atoms with Crippen molar-refractivity contribution < 1.29 is 13.6 Å². The molecule has 2 saturated heterocycles. The van der Waals surface area contributed by atoms with Gasteiger partial charge in [0.15, 0.2) is 5.65 Å². The Morgan fingerprint density at radius 2 is 2.12 bits per heavy atom. The van der Waals surface area contributed by atoms with Crippen molar-refractivity contribution in [3.05, 3.63) is 66.3 Å². The topological polar surface area (TPSA) is 90.4 Å². The number of fused-ring (bicyclic) bond motifs is 3. The summed E-state index contributed by atoms with van der Waals surface area (Å²) >= 11 is 0. The van der Waals surface area contributed by atoms with Crippen LogP contribution in [0.5, 0.6) is 0 Å².